The Bertz CT molecular complexity index is 961. The normalized spacial score (nSPS) is 16.3. The number of anilines is 1. The lowest BCUT2D eigenvalue weighted by Crippen LogP contribution is -2.20. The number of nitrogens with two attached hydrogens (primary N) is 1. The molecule has 0 radical (unpaired) electrons. The van der Waals surface area contributed by atoms with Gasteiger partial charge in [-0.2, -0.15) is 0 Å². The summed E-state index contributed by atoms with van der Waals surface area (Å²) in [5, 5.41) is 2.91. The van der Waals surface area contributed by atoms with Crippen molar-refractivity contribution in [2.24, 2.45) is 11.7 Å². The van der Waals surface area contributed by atoms with Crippen LogP contribution >= 0.6 is 35.0 Å². The molecule has 1 aliphatic carbocycles. The number of rotatable bonds is 10. The smallest absolute Gasteiger partial charge is 0.255 e. The molecule has 7 nitrogen and oxygen atoms in total. The monoisotopic (exact) mass is 484 g/mol. The van der Waals surface area contributed by atoms with Gasteiger partial charge in [0.1, 0.15) is 4.33 Å². The first kappa shape index (κ1) is 23.4. The Balaban J connectivity index is 1.78. The number of methoxy groups -OCH3 is 2. The molecule has 10 heteroatoms. The largest absolute Gasteiger partial charge is 0.493 e. The number of nitrogens with one attached hydrogen (secondary N) is 1. The van der Waals surface area contributed by atoms with Crippen LogP contribution in [-0.4, -0.2) is 42.7 Å². The number of alkyl halides is 2. The molecule has 1 saturated carbocycles. The number of halogens is 2. The number of benzene rings is 2. The molecule has 1 unspecified atom stereocenters. The van der Waals surface area contributed by atoms with E-state index in [-0.39, 0.29) is 35.7 Å². The second-order valence-corrected chi connectivity index (χ2v) is 9.49. The van der Waals surface area contributed by atoms with Crippen molar-refractivity contribution in [1.29, 1.82) is 0 Å². The van der Waals surface area contributed by atoms with Crippen LogP contribution in [0.4, 0.5) is 5.69 Å². The Kier molecular flexibility index (Phi) is 7.46. The summed E-state index contributed by atoms with van der Waals surface area (Å²) < 4.78 is 15.4. The summed E-state index contributed by atoms with van der Waals surface area (Å²) in [6.07, 6.45) is 0.765. The molecule has 2 amide bonds. The highest BCUT2D eigenvalue weighted by Gasteiger charge is 2.51. The third-order valence-corrected chi connectivity index (χ3v) is 6.77. The molecular formula is C21H22Cl2N2O5S. The van der Waals surface area contributed by atoms with E-state index in [2.05, 4.69) is 5.32 Å². The first-order valence-corrected chi connectivity index (χ1v) is 11.1. The molecule has 3 N–H and O–H groups in total. The number of carbonyl (C=O) groups is 2. The van der Waals surface area contributed by atoms with Gasteiger partial charge in [0.25, 0.3) is 11.8 Å². The maximum atomic E-state index is 12.9. The van der Waals surface area contributed by atoms with Gasteiger partial charge >= 0.3 is 0 Å². The van der Waals surface area contributed by atoms with Crippen molar-refractivity contribution >= 4 is 52.5 Å². The van der Waals surface area contributed by atoms with E-state index in [0.717, 1.165) is 17.1 Å². The summed E-state index contributed by atoms with van der Waals surface area (Å²) in [4.78, 5) is 24.9. The number of primary amides is 1. The van der Waals surface area contributed by atoms with Gasteiger partial charge in [0.05, 0.1) is 19.9 Å². The maximum absolute atomic E-state index is 12.9. The third kappa shape index (κ3) is 5.90. The number of amides is 2. The Hall–Kier alpha value is -2.29. The van der Waals surface area contributed by atoms with Gasteiger partial charge in [0.2, 0.25) is 5.75 Å². The molecule has 0 heterocycles. The zero-order valence-electron chi connectivity index (χ0n) is 16.9. The van der Waals surface area contributed by atoms with Crippen molar-refractivity contribution in [2.45, 2.75) is 15.6 Å². The lowest BCUT2D eigenvalue weighted by molar-refractivity contribution is -0.120. The average molecular weight is 485 g/mol. The van der Waals surface area contributed by atoms with Crippen LogP contribution in [0.15, 0.2) is 41.3 Å². The highest BCUT2D eigenvalue weighted by atomic mass is 35.5. The minimum absolute atomic E-state index is 0.186. The van der Waals surface area contributed by atoms with Crippen LogP contribution < -0.4 is 25.3 Å². The van der Waals surface area contributed by atoms with Gasteiger partial charge in [-0.05, 0) is 30.7 Å². The van der Waals surface area contributed by atoms with E-state index < -0.39 is 10.2 Å². The van der Waals surface area contributed by atoms with E-state index >= 15 is 0 Å². The van der Waals surface area contributed by atoms with Gasteiger partial charge in [-0.25, -0.2) is 0 Å². The standard InChI is InChI=1S/C21H22Cl2N2O5S/c1-28-15-7-12(8-16(29-2)19(15)30-10-18(24)26)20(27)25-14-5-3-4-6-17(14)31-11-13-9-21(13,22)23/h3-8,13H,9-11H2,1-2H3,(H2,24,26)(H,25,27). The van der Waals surface area contributed by atoms with Crippen LogP contribution in [0.25, 0.3) is 0 Å². The summed E-state index contributed by atoms with van der Waals surface area (Å²) in [5.41, 5.74) is 6.10. The lowest BCUT2D eigenvalue weighted by atomic mass is 10.1. The Morgan fingerprint density at radius 2 is 1.81 bits per heavy atom. The van der Waals surface area contributed by atoms with E-state index in [1.807, 2.05) is 24.3 Å². The fourth-order valence-corrected chi connectivity index (χ4v) is 4.77. The Labute approximate surface area is 194 Å². The summed E-state index contributed by atoms with van der Waals surface area (Å²) >= 11 is 13.8. The Morgan fingerprint density at radius 3 is 2.35 bits per heavy atom. The molecule has 2 aromatic carbocycles. The zero-order chi connectivity index (χ0) is 22.6. The molecule has 0 saturated heterocycles. The van der Waals surface area contributed by atoms with E-state index in [1.54, 1.807) is 11.8 Å². The van der Waals surface area contributed by atoms with E-state index in [1.165, 1.54) is 26.4 Å². The van der Waals surface area contributed by atoms with E-state index in [9.17, 15) is 9.59 Å². The van der Waals surface area contributed by atoms with Crippen LogP contribution in [0.5, 0.6) is 17.2 Å². The van der Waals surface area contributed by atoms with Crippen molar-refractivity contribution in [3.63, 3.8) is 0 Å². The fourth-order valence-electron chi connectivity index (χ4n) is 2.83. The van der Waals surface area contributed by atoms with Crippen LogP contribution in [0.3, 0.4) is 0 Å². The molecule has 166 valence electrons. The molecular weight excluding hydrogens is 463 g/mol. The highest BCUT2D eigenvalue weighted by molar-refractivity contribution is 7.99. The van der Waals surface area contributed by atoms with Gasteiger partial charge in [0.15, 0.2) is 18.1 Å². The molecule has 0 aliphatic heterocycles. The summed E-state index contributed by atoms with van der Waals surface area (Å²) in [5.74, 6) is 0.643. The van der Waals surface area contributed by atoms with Crippen molar-refractivity contribution in [1.82, 2.24) is 0 Å². The van der Waals surface area contributed by atoms with Gasteiger partial charge in [-0.3, -0.25) is 9.59 Å². The predicted octanol–water partition coefficient (Wildman–Crippen LogP) is 4.11. The predicted molar refractivity (Wildman–Crippen MR) is 122 cm³/mol. The SMILES string of the molecule is COc1cc(C(=O)Nc2ccccc2SCC2CC2(Cl)Cl)cc(OC)c1OCC(N)=O. The topological polar surface area (TPSA) is 99.9 Å². The molecule has 0 bridgehead atoms. The van der Waals surface area contributed by atoms with Gasteiger partial charge in [0, 0.05) is 22.1 Å². The Morgan fingerprint density at radius 1 is 1.19 bits per heavy atom. The average Bonchev–Trinajstić information content (AvgIpc) is 3.36. The first-order chi connectivity index (χ1) is 14.7. The maximum Gasteiger partial charge on any atom is 0.255 e. The quantitative estimate of drug-likeness (QED) is 0.388. The summed E-state index contributed by atoms with van der Waals surface area (Å²) in [6.45, 7) is -0.351. The van der Waals surface area contributed by atoms with Crippen molar-refractivity contribution < 1.29 is 23.8 Å². The lowest BCUT2D eigenvalue weighted by Gasteiger charge is -2.16. The van der Waals surface area contributed by atoms with Gasteiger partial charge in [-0.15, -0.1) is 35.0 Å². The number of hydrogen-bond donors (Lipinski definition) is 2. The van der Waals surface area contributed by atoms with Crippen LogP contribution in [0.2, 0.25) is 0 Å². The minimum atomic E-state index is -0.646. The first-order valence-electron chi connectivity index (χ1n) is 9.33. The van der Waals surface area contributed by atoms with Crippen molar-refractivity contribution in [3.8, 4) is 17.2 Å². The zero-order valence-corrected chi connectivity index (χ0v) is 19.3. The minimum Gasteiger partial charge on any atom is -0.493 e. The number of hydrogen-bond acceptors (Lipinski definition) is 6. The van der Waals surface area contributed by atoms with Gasteiger partial charge < -0.3 is 25.3 Å². The number of thioether (sulfide) groups is 1. The molecule has 3 rings (SSSR count). The van der Waals surface area contributed by atoms with Crippen LogP contribution in [-0.2, 0) is 4.79 Å². The molecule has 31 heavy (non-hydrogen) atoms. The highest BCUT2D eigenvalue weighted by Crippen LogP contribution is 2.55. The van der Waals surface area contributed by atoms with E-state index in [0.29, 0.717) is 11.3 Å². The van der Waals surface area contributed by atoms with E-state index in [4.69, 9.17) is 43.1 Å². The molecule has 0 spiro atoms. The summed E-state index contributed by atoms with van der Waals surface area (Å²) in [6, 6.07) is 10.5. The number of carbonyl (C=O) groups excluding carboxylic acids is 2. The number of ether oxygens (including phenoxy) is 3. The molecule has 1 atom stereocenters. The molecule has 2 aromatic rings. The van der Waals surface area contributed by atoms with Crippen molar-refractivity contribution in [3.05, 3.63) is 42.0 Å². The van der Waals surface area contributed by atoms with Crippen molar-refractivity contribution in [2.75, 3.05) is 31.9 Å². The summed E-state index contributed by atoms with van der Waals surface area (Å²) in [7, 11) is 2.84. The second kappa shape index (κ2) is 9.89. The molecule has 1 fully saturated rings. The third-order valence-electron chi connectivity index (χ3n) is 4.61. The van der Waals surface area contributed by atoms with Gasteiger partial charge in [-0.1, -0.05) is 12.1 Å². The molecule has 0 aromatic heterocycles. The fraction of sp³-hybridized carbons (Fsp3) is 0.333. The van der Waals surface area contributed by atoms with Crippen LogP contribution in [0.1, 0.15) is 16.8 Å². The van der Waals surface area contributed by atoms with Crippen LogP contribution in [0, 0.1) is 5.92 Å². The second-order valence-electron chi connectivity index (χ2n) is 6.89. The number of para-hydroxylation sites is 1. The molecule has 1 aliphatic rings.